The van der Waals surface area contributed by atoms with Gasteiger partial charge in [-0.3, -0.25) is 15.0 Å². The number of hydrogen-bond acceptors (Lipinski definition) is 4. The van der Waals surface area contributed by atoms with Crippen molar-refractivity contribution in [3.63, 3.8) is 0 Å². The molecule has 1 aromatic carbocycles. The van der Waals surface area contributed by atoms with Crippen molar-refractivity contribution in [2.45, 2.75) is 13.0 Å². The molecule has 7 heteroatoms. The van der Waals surface area contributed by atoms with E-state index in [2.05, 4.69) is 25.9 Å². The molecule has 0 radical (unpaired) electrons. The monoisotopic (exact) mass is 322 g/mol. The summed E-state index contributed by atoms with van der Waals surface area (Å²) in [6, 6.07) is 12.9. The molecule has 3 aromatic rings. The SMILES string of the molecule is Cc1ccc(C(NC(=O)Nc2cn(C)nn2)c2ccccn2)cc1. The third-order valence-electron chi connectivity index (χ3n) is 3.51. The lowest BCUT2D eigenvalue weighted by molar-refractivity contribution is 0.250. The molecular formula is C17H18N6O. The molecule has 0 saturated heterocycles. The normalized spacial score (nSPS) is 11.8. The second kappa shape index (κ2) is 6.91. The first-order valence-electron chi connectivity index (χ1n) is 7.53. The zero-order chi connectivity index (χ0) is 16.9. The van der Waals surface area contributed by atoms with Crippen molar-refractivity contribution in [2.24, 2.45) is 7.05 Å². The fourth-order valence-corrected chi connectivity index (χ4v) is 2.32. The van der Waals surface area contributed by atoms with Gasteiger partial charge in [0, 0.05) is 13.2 Å². The maximum atomic E-state index is 12.3. The molecule has 0 bridgehead atoms. The quantitative estimate of drug-likeness (QED) is 0.772. The van der Waals surface area contributed by atoms with Crippen LogP contribution in [0.25, 0.3) is 0 Å². The average molecular weight is 322 g/mol. The van der Waals surface area contributed by atoms with Crippen LogP contribution in [-0.2, 0) is 7.05 Å². The van der Waals surface area contributed by atoms with E-state index in [1.807, 2.05) is 49.4 Å². The highest BCUT2D eigenvalue weighted by molar-refractivity contribution is 5.88. The summed E-state index contributed by atoms with van der Waals surface area (Å²) in [6.07, 6.45) is 3.33. The highest BCUT2D eigenvalue weighted by atomic mass is 16.2. The predicted molar refractivity (Wildman–Crippen MR) is 90.4 cm³/mol. The molecule has 7 nitrogen and oxygen atoms in total. The molecule has 0 aliphatic heterocycles. The minimum absolute atomic E-state index is 0.358. The molecule has 2 amide bonds. The van der Waals surface area contributed by atoms with Gasteiger partial charge in [-0.25, -0.2) is 4.79 Å². The molecule has 0 fully saturated rings. The summed E-state index contributed by atoms with van der Waals surface area (Å²) < 4.78 is 1.52. The van der Waals surface area contributed by atoms with Gasteiger partial charge in [0.15, 0.2) is 5.82 Å². The van der Waals surface area contributed by atoms with Crippen molar-refractivity contribution >= 4 is 11.8 Å². The molecule has 2 aromatic heterocycles. The molecule has 1 atom stereocenters. The van der Waals surface area contributed by atoms with Crippen LogP contribution in [0.15, 0.2) is 54.9 Å². The van der Waals surface area contributed by atoms with Gasteiger partial charge in [0.2, 0.25) is 0 Å². The topological polar surface area (TPSA) is 84.7 Å². The third kappa shape index (κ3) is 3.75. The third-order valence-corrected chi connectivity index (χ3v) is 3.51. The fraction of sp³-hybridized carbons (Fsp3) is 0.176. The Kier molecular flexibility index (Phi) is 4.51. The minimum Gasteiger partial charge on any atom is -0.325 e. The van der Waals surface area contributed by atoms with Crippen molar-refractivity contribution in [3.8, 4) is 0 Å². The standard InChI is InChI=1S/C17H18N6O/c1-12-6-8-13(9-7-12)16(14-5-3-4-10-18-14)20-17(24)19-15-11-23(2)22-21-15/h3-11,16H,1-2H3,(H2,19,20,24). The average Bonchev–Trinajstić information content (AvgIpc) is 2.99. The number of anilines is 1. The first-order valence-corrected chi connectivity index (χ1v) is 7.53. The Morgan fingerprint density at radius 3 is 2.58 bits per heavy atom. The number of carbonyl (C=O) groups is 1. The fourth-order valence-electron chi connectivity index (χ4n) is 2.32. The smallest absolute Gasteiger partial charge is 0.321 e. The summed E-state index contributed by atoms with van der Waals surface area (Å²) in [7, 11) is 1.74. The van der Waals surface area contributed by atoms with E-state index in [4.69, 9.17) is 0 Å². The minimum atomic E-state index is -0.369. The molecule has 24 heavy (non-hydrogen) atoms. The van der Waals surface area contributed by atoms with E-state index in [0.717, 1.165) is 16.8 Å². The van der Waals surface area contributed by atoms with Gasteiger partial charge in [-0.1, -0.05) is 41.1 Å². The Morgan fingerprint density at radius 1 is 1.17 bits per heavy atom. The van der Waals surface area contributed by atoms with E-state index in [-0.39, 0.29) is 12.1 Å². The molecule has 2 N–H and O–H groups in total. The number of urea groups is 1. The number of nitrogens with zero attached hydrogens (tertiary/aromatic N) is 4. The van der Waals surface area contributed by atoms with E-state index in [1.165, 1.54) is 4.68 Å². The van der Waals surface area contributed by atoms with Crippen LogP contribution in [0, 0.1) is 6.92 Å². The van der Waals surface area contributed by atoms with Crippen LogP contribution in [0.2, 0.25) is 0 Å². The second-order valence-corrected chi connectivity index (χ2v) is 5.47. The molecule has 0 aliphatic rings. The van der Waals surface area contributed by atoms with Crippen molar-refractivity contribution in [1.29, 1.82) is 0 Å². The number of rotatable bonds is 4. The molecule has 3 rings (SSSR count). The molecule has 122 valence electrons. The Balaban J connectivity index is 1.82. The summed E-state index contributed by atoms with van der Waals surface area (Å²) in [5.74, 6) is 0.388. The number of hydrogen-bond donors (Lipinski definition) is 2. The Bertz CT molecular complexity index is 813. The van der Waals surface area contributed by atoms with E-state index in [0.29, 0.717) is 5.82 Å². The summed E-state index contributed by atoms with van der Waals surface area (Å²) in [5.41, 5.74) is 2.87. The number of carbonyl (C=O) groups excluding carboxylic acids is 1. The van der Waals surface area contributed by atoms with Crippen molar-refractivity contribution in [1.82, 2.24) is 25.3 Å². The zero-order valence-corrected chi connectivity index (χ0v) is 13.5. The molecule has 1 unspecified atom stereocenters. The van der Waals surface area contributed by atoms with Crippen LogP contribution >= 0.6 is 0 Å². The van der Waals surface area contributed by atoms with Crippen LogP contribution < -0.4 is 10.6 Å². The van der Waals surface area contributed by atoms with E-state index in [9.17, 15) is 4.79 Å². The molecule has 0 saturated carbocycles. The van der Waals surface area contributed by atoms with Gasteiger partial charge in [-0.2, -0.15) is 0 Å². The highest BCUT2D eigenvalue weighted by Gasteiger charge is 2.18. The number of nitrogens with one attached hydrogen (secondary N) is 2. The maximum Gasteiger partial charge on any atom is 0.321 e. The van der Waals surface area contributed by atoms with E-state index in [1.54, 1.807) is 19.4 Å². The summed E-state index contributed by atoms with van der Waals surface area (Å²) >= 11 is 0. The van der Waals surface area contributed by atoms with Crippen molar-refractivity contribution < 1.29 is 4.79 Å². The van der Waals surface area contributed by atoms with Crippen LogP contribution in [0.5, 0.6) is 0 Å². The highest BCUT2D eigenvalue weighted by Crippen LogP contribution is 2.20. The summed E-state index contributed by atoms with van der Waals surface area (Å²) in [5, 5.41) is 13.2. The maximum absolute atomic E-state index is 12.3. The van der Waals surface area contributed by atoms with Crippen molar-refractivity contribution in [2.75, 3.05) is 5.32 Å². The largest absolute Gasteiger partial charge is 0.325 e. The van der Waals surface area contributed by atoms with Crippen LogP contribution in [0.4, 0.5) is 10.6 Å². The number of pyridine rings is 1. The van der Waals surface area contributed by atoms with Crippen LogP contribution in [-0.4, -0.2) is 26.0 Å². The van der Waals surface area contributed by atoms with Gasteiger partial charge in [-0.15, -0.1) is 5.10 Å². The Labute approximate surface area is 139 Å². The molecule has 2 heterocycles. The van der Waals surface area contributed by atoms with Gasteiger partial charge in [0.05, 0.1) is 17.9 Å². The number of benzene rings is 1. The predicted octanol–water partition coefficient (Wildman–Crippen LogP) is 2.43. The van der Waals surface area contributed by atoms with Gasteiger partial charge in [0.1, 0.15) is 0 Å². The summed E-state index contributed by atoms with van der Waals surface area (Å²) in [6.45, 7) is 2.02. The van der Waals surface area contributed by atoms with E-state index < -0.39 is 0 Å². The van der Waals surface area contributed by atoms with Gasteiger partial charge in [-0.05, 0) is 24.6 Å². The Morgan fingerprint density at radius 2 is 1.96 bits per heavy atom. The number of amides is 2. The molecule has 0 spiro atoms. The number of aromatic nitrogens is 4. The summed E-state index contributed by atoms with van der Waals surface area (Å²) in [4.78, 5) is 16.7. The second-order valence-electron chi connectivity index (χ2n) is 5.47. The van der Waals surface area contributed by atoms with Crippen LogP contribution in [0.3, 0.4) is 0 Å². The molecule has 0 aliphatic carbocycles. The lowest BCUT2D eigenvalue weighted by atomic mass is 10.0. The lowest BCUT2D eigenvalue weighted by Crippen LogP contribution is -2.33. The zero-order valence-electron chi connectivity index (χ0n) is 13.5. The molecular weight excluding hydrogens is 304 g/mol. The van der Waals surface area contributed by atoms with Crippen LogP contribution in [0.1, 0.15) is 22.9 Å². The number of aryl methyl sites for hydroxylation is 2. The lowest BCUT2D eigenvalue weighted by Gasteiger charge is -2.19. The van der Waals surface area contributed by atoms with Gasteiger partial charge in [0.25, 0.3) is 0 Å². The first kappa shape index (κ1) is 15.7. The first-order chi connectivity index (χ1) is 11.6. The van der Waals surface area contributed by atoms with Gasteiger partial charge >= 0.3 is 6.03 Å². The van der Waals surface area contributed by atoms with Gasteiger partial charge < -0.3 is 5.32 Å². The van der Waals surface area contributed by atoms with E-state index >= 15 is 0 Å². The Hall–Kier alpha value is -3.22. The van der Waals surface area contributed by atoms with Crippen molar-refractivity contribution in [3.05, 3.63) is 71.7 Å².